The van der Waals surface area contributed by atoms with E-state index in [2.05, 4.69) is 6.92 Å². The first-order chi connectivity index (χ1) is 11.5. The van der Waals surface area contributed by atoms with Crippen LogP contribution in [0.15, 0.2) is 34.7 Å². The zero-order valence-electron chi connectivity index (χ0n) is 13.9. The van der Waals surface area contributed by atoms with E-state index in [1.807, 2.05) is 31.2 Å². The predicted octanol–water partition coefficient (Wildman–Crippen LogP) is 4.08. The largest absolute Gasteiger partial charge is 0.478 e. The fraction of sp³-hybridized carbons (Fsp3) is 0.368. The Morgan fingerprint density at radius 1 is 1.33 bits per heavy atom. The Labute approximate surface area is 140 Å². The van der Waals surface area contributed by atoms with Crippen molar-refractivity contribution in [2.24, 2.45) is 0 Å². The molecule has 1 N–H and O–H groups in total. The number of carbonyl (C=O) groups is 2. The average Bonchev–Trinajstić information content (AvgIpc) is 2.95. The summed E-state index contributed by atoms with van der Waals surface area (Å²) in [7, 11) is 0. The van der Waals surface area contributed by atoms with Gasteiger partial charge in [0, 0.05) is 24.7 Å². The molecule has 1 unspecified atom stereocenters. The van der Waals surface area contributed by atoms with Gasteiger partial charge in [0.25, 0.3) is 5.91 Å². The van der Waals surface area contributed by atoms with E-state index in [4.69, 9.17) is 4.42 Å². The molecular weight excluding hydrogens is 306 g/mol. The number of hydrogen-bond acceptors (Lipinski definition) is 3. The van der Waals surface area contributed by atoms with Crippen LogP contribution in [0.4, 0.5) is 5.69 Å². The summed E-state index contributed by atoms with van der Waals surface area (Å²) in [5.74, 6) is -0.536. The quantitative estimate of drug-likeness (QED) is 0.922. The number of aromatic carboxylic acids is 1. The number of carboxylic acid groups (broad SMARTS) is 1. The number of rotatable bonds is 3. The molecule has 0 saturated carbocycles. The predicted molar refractivity (Wildman–Crippen MR) is 90.8 cm³/mol. The van der Waals surface area contributed by atoms with E-state index < -0.39 is 5.97 Å². The number of benzene rings is 1. The number of carbonyl (C=O) groups excluding carboxylic acids is 1. The molecule has 0 bridgehead atoms. The summed E-state index contributed by atoms with van der Waals surface area (Å²) in [5, 5.41) is 9.25. The number of hydrogen-bond donors (Lipinski definition) is 1. The van der Waals surface area contributed by atoms with E-state index in [9.17, 15) is 14.7 Å². The van der Waals surface area contributed by atoms with E-state index in [1.165, 1.54) is 6.07 Å². The molecule has 0 spiro atoms. The lowest BCUT2D eigenvalue weighted by Gasteiger charge is -2.22. The molecule has 1 aromatic heterocycles. The maximum absolute atomic E-state index is 13.0. The molecule has 1 amide bonds. The first-order valence-electron chi connectivity index (χ1n) is 8.29. The first-order valence-corrected chi connectivity index (χ1v) is 8.29. The van der Waals surface area contributed by atoms with Gasteiger partial charge >= 0.3 is 5.97 Å². The Bertz CT molecular complexity index is 777. The van der Waals surface area contributed by atoms with Crippen LogP contribution in [0, 0.1) is 0 Å². The van der Waals surface area contributed by atoms with Gasteiger partial charge in [-0.25, -0.2) is 4.79 Å². The van der Waals surface area contributed by atoms with Gasteiger partial charge in [0.05, 0.1) is 0 Å². The van der Waals surface area contributed by atoms with E-state index in [1.54, 1.807) is 4.90 Å². The van der Waals surface area contributed by atoms with Crippen molar-refractivity contribution < 1.29 is 19.1 Å². The highest BCUT2D eigenvalue weighted by Crippen LogP contribution is 2.35. The second-order valence-electron chi connectivity index (χ2n) is 6.17. The van der Waals surface area contributed by atoms with Crippen molar-refractivity contribution >= 4 is 17.6 Å². The summed E-state index contributed by atoms with van der Waals surface area (Å²) < 4.78 is 5.55. The number of furan rings is 1. The third kappa shape index (κ3) is 2.82. The van der Waals surface area contributed by atoms with Crippen molar-refractivity contribution in [1.29, 1.82) is 0 Å². The lowest BCUT2D eigenvalue weighted by molar-refractivity contribution is 0.0694. The second-order valence-corrected chi connectivity index (χ2v) is 6.17. The topological polar surface area (TPSA) is 70.8 Å². The van der Waals surface area contributed by atoms with E-state index in [0.29, 0.717) is 24.6 Å². The lowest BCUT2D eigenvalue weighted by Crippen LogP contribution is -2.31. The molecule has 1 atom stereocenters. The molecule has 1 aromatic carbocycles. The van der Waals surface area contributed by atoms with E-state index >= 15 is 0 Å². The van der Waals surface area contributed by atoms with Crippen molar-refractivity contribution in [2.45, 2.75) is 39.0 Å². The molecule has 0 fully saturated rings. The molecule has 3 rings (SSSR count). The van der Waals surface area contributed by atoms with Crippen LogP contribution in [0.3, 0.4) is 0 Å². The fourth-order valence-corrected chi connectivity index (χ4v) is 3.30. The number of anilines is 1. The highest BCUT2D eigenvalue weighted by atomic mass is 16.4. The molecular formula is C19H21NO4. The normalized spacial score (nSPS) is 17.2. The molecule has 126 valence electrons. The zero-order chi connectivity index (χ0) is 17.3. The van der Waals surface area contributed by atoms with Gasteiger partial charge < -0.3 is 14.4 Å². The highest BCUT2D eigenvalue weighted by molar-refractivity contribution is 6.06. The highest BCUT2D eigenvalue weighted by Gasteiger charge is 2.28. The summed E-state index contributed by atoms with van der Waals surface area (Å²) in [6.07, 6.45) is 2.34. The van der Waals surface area contributed by atoms with Crippen LogP contribution in [0.2, 0.25) is 0 Å². The molecule has 5 nitrogen and oxygen atoms in total. The third-order valence-corrected chi connectivity index (χ3v) is 4.59. The molecule has 24 heavy (non-hydrogen) atoms. The van der Waals surface area contributed by atoms with Gasteiger partial charge in [-0.3, -0.25) is 4.79 Å². The molecule has 1 aliphatic rings. The summed E-state index contributed by atoms with van der Waals surface area (Å²) in [4.78, 5) is 26.0. The standard InChI is InChI=1S/C19H21NO4/c1-3-16-14(19(22)23)11-17(24-16)18(21)20-10-6-7-12(2)13-8-4-5-9-15(13)20/h4-5,8-9,11-12H,3,6-7,10H2,1-2H3,(H,22,23). The Hall–Kier alpha value is -2.56. The van der Waals surface area contributed by atoms with Gasteiger partial charge in [-0.1, -0.05) is 32.0 Å². The smallest absolute Gasteiger partial charge is 0.339 e. The second kappa shape index (κ2) is 6.51. The number of fused-ring (bicyclic) bond motifs is 1. The third-order valence-electron chi connectivity index (χ3n) is 4.59. The summed E-state index contributed by atoms with van der Waals surface area (Å²) >= 11 is 0. The van der Waals surface area contributed by atoms with Crippen molar-refractivity contribution in [3.05, 3.63) is 53.0 Å². The lowest BCUT2D eigenvalue weighted by atomic mass is 9.96. The maximum atomic E-state index is 13.0. The van der Waals surface area contributed by atoms with Crippen LogP contribution in [0.1, 0.15) is 64.8 Å². The molecule has 0 aliphatic carbocycles. The van der Waals surface area contributed by atoms with Gasteiger partial charge in [0.1, 0.15) is 11.3 Å². The number of amides is 1. The number of para-hydroxylation sites is 1. The van der Waals surface area contributed by atoms with Crippen LogP contribution in [-0.4, -0.2) is 23.5 Å². The van der Waals surface area contributed by atoms with Crippen LogP contribution < -0.4 is 4.90 Å². The molecule has 0 radical (unpaired) electrons. The summed E-state index contributed by atoms with van der Waals surface area (Å²) in [6.45, 7) is 4.57. The minimum Gasteiger partial charge on any atom is -0.478 e. The summed E-state index contributed by atoms with van der Waals surface area (Å²) in [6, 6.07) is 9.23. The van der Waals surface area contributed by atoms with E-state index in [0.717, 1.165) is 24.1 Å². The van der Waals surface area contributed by atoms with Gasteiger partial charge in [-0.2, -0.15) is 0 Å². The fourth-order valence-electron chi connectivity index (χ4n) is 3.30. The maximum Gasteiger partial charge on any atom is 0.339 e. The minimum absolute atomic E-state index is 0.0670. The number of nitrogens with zero attached hydrogens (tertiary/aromatic N) is 1. The molecule has 2 heterocycles. The van der Waals surface area contributed by atoms with Gasteiger partial charge in [-0.05, 0) is 30.4 Å². The van der Waals surface area contributed by atoms with Crippen molar-refractivity contribution in [3.8, 4) is 0 Å². The zero-order valence-corrected chi connectivity index (χ0v) is 13.9. The molecule has 1 aliphatic heterocycles. The monoisotopic (exact) mass is 327 g/mol. The van der Waals surface area contributed by atoms with Crippen molar-refractivity contribution in [3.63, 3.8) is 0 Å². The minimum atomic E-state index is -1.07. The van der Waals surface area contributed by atoms with Crippen LogP contribution in [0.25, 0.3) is 0 Å². The van der Waals surface area contributed by atoms with Crippen LogP contribution in [-0.2, 0) is 6.42 Å². The SMILES string of the molecule is CCc1oc(C(=O)N2CCCC(C)c3ccccc32)cc1C(=O)O. The van der Waals surface area contributed by atoms with Crippen molar-refractivity contribution in [2.75, 3.05) is 11.4 Å². The molecule has 2 aromatic rings. The van der Waals surface area contributed by atoms with Crippen molar-refractivity contribution in [1.82, 2.24) is 0 Å². The number of aryl methyl sites for hydroxylation is 1. The van der Waals surface area contributed by atoms with Crippen LogP contribution in [0.5, 0.6) is 0 Å². The summed E-state index contributed by atoms with van der Waals surface area (Å²) in [5.41, 5.74) is 2.10. The Balaban J connectivity index is 2.01. The van der Waals surface area contributed by atoms with Gasteiger partial charge in [0.2, 0.25) is 0 Å². The van der Waals surface area contributed by atoms with Crippen LogP contribution >= 0.6 is 0 Å². The molecule has 5 heteroatoms. The first kappa shape index (κ1) is 16.3. The van der Waals surface area contributed by atoms with E-state index in [-0.39, 0.29) is 17.2 Å². The average molecular weight is 327 g/mol. The Kier molecular flexibility index (Phi) is 4.42. The van der Waals surface area contributed by atoms with Gasteiger partial charge in [0.15, 0.2) is 5.76 Å². The Morgan fingerprint density at radius 2 is 2.08 bits per heavy atom. The molecule has 0 saturated heterocycles. The number of carboxylic acids is 1. The van der Waals surface area contributed by atoms with Gasteiger partial charge in [-0.15, -0.1) is 0 Å². The Morgan fingerprint density at radius 3 is 2.75 bits per heavy atom.